The highest BCUT2D eigenvalue weighted by Gasteiger charge is 2.09. The molecule has 0 aliphatic rings. The van der Waals surface area contributed by atoms with Crippen molar-refractivity contribution in [3.05, 3.63) is 107 Å². The molecule has 1 N–H and O–H groups in total. The topological polar surface area (TPSA) is 75.1 Å². The highest BCUT2D eigenvalue weighted by Crippen LogP contribution is 2.28. The summed E-state index contributed by atoms with van der Waals surface area (Å²) in [5, 5.41) is 11.4. The van der Waals surface area contributed by atoms with Crippen molar-refractivity contribution in [2.45, 2.75) is 13.2 Å². The van der Waals surface area contributed by atoms with Crippen LogP contribution in [0.3, 0.4) is 0 Å². The van der Waals surface area contributed by atoms with E-state index in [4.69, 9.17) is 14.7 Å². The van der Waals surface area contributed by atoms with E-state index in [-0.39, 0.29) is 6.61 Å². The highest BCUT2D eigenvalue weighted by molar-refractivity contribution is 6.07. The van der Waals surface area contributed by atoms with Gasteiger partial charge in [0.25, 0.3) is 0 Å². The van der Waals surface area contributed by atoms with Gasteiger partial charge in [0.05, 0.1) is 17.2 Å². The number of aromatic amines is 1. The number of carbonyl (C=O) groups is 1. The minimum absolute atomic E-state index is 0.247. The molecule has 0 fully saturated rings. The van der Waals surface area contributed by atoms with Gasteiger partial charge in [-0.25, -0.2) is 0 Å². The second-order valence-corrected chi connectivity index (χ2v) is 7.76. The zero-order valence-corrected chi connectivity index (χ0v) is 17.7. The van der Waals surface area contributed by atoms with Gasteiger partial charge in [0.15, 0.2) is 6.29 Å². The van der Waals surface area contributed by atoms with Crippen LogP contribution >= 0.6 is 0 Å². The monoisotopic (exact) mass is 432 g/mol. The SMILES string of the molecule is N#Cc1cccc(COc2cc(OCc3ccc4[nH]c5ccccc5c4c3)ccc2C=O)c1. The van der Waals surface area contributed by atoms with E-state index >= 15 is 0 Å². The van der Waals surface area contributed by atoms with Gasteiger partial charge in [0.2, 0.25) is 0 Å². The molecule has 5 heteroatoms. The zero-order chi connectivity index (χ0) is 22.6. The van der Waals surface area contributed by atoms with Crippen LogP contribution in [-0.4, -0.2) is 11.3 Å². The molecule has 5 rings (SSSR count). The van der Waals surface area contributed by atoms with Crippen LogP contribution in [0.4, 0.5) is 0 Å². The van der Waals surface area contributed by atoms with E-state index in [1.165, 1.54) is 5.39 Å². The molecule has 0 saturated carbocycles. The number of H-pyrrole nitrogens is 1. The molecule has 33 heavy (non-hydrogen) atoms. The Bertz CT molecular complexity index is 1510. The van der Waals surface area contributed by atoms with Crippen LogP contribution < -0.4 is 9.47 Å². The Morgan fingerprint density at radius 1 is 0.788 bits per heavy atom. The van der Waals surface area contributed by atoms with Gasteiger partial charge >= 0.3 is 0 Å². The maximum absolute atomic E-state index is 11.5. The van der Waals surface area contributed by atoms with Crippen molar-refractivity contribution in [3.8, 4) is 17.6 Å². The number of aromatic nitrogens is 1. The summed E-state index contributed by atoms with van der Waals surface area (Å²) < 4.78 is 11.9. The number of carbonyl (C=O) groups excluding carboxylic acids is 1. The van der Waals surface area contributed by atoms with Crippen LogP contribution in [-0.2, 0) is 13.2 Å². The van der Waals surface area contributed by atoms with Crippen LogP contribution in [0.25, 0.3) is 21.8 Å². The van der Waals surface area contributed by atoms with E-state index in [1.54, 1.807) is 30.3 Å². The smallest absolute Gasteiger partial charge is 0.153 e. The Kier molecular flexibility index (Phi) is 5.48. The highest BCUT2D eigenvalue weighted by atomic mass is 16.5. The molecule has 0 aliphatic carbocycles. The van der Waals surface area contributed by atoms with E-state index in [0.29, 0.717) is 29.2 Å². The Balaban J connectivity index is 1.33. The fraction of sp³-hybridized carbons (Fsp3) is 0.0714. The average molecular weight is 432 g/mol. The zero-order valence-electron chi connectivity index (χ0n) is 17.7. The number of nitrogens with zero attached hydrogens (tertiary/aromatic N) is 1. The van der Waals surface area contributed by atoms with Crippen molar-refractivity contribution in [2.75, 3.05) is 0 Å². The third-order valence-electron chi connectivity index (χ3n) is 5.54. The van der Waals surface area contributed by atoms with Gasteiger partial charge in [-0.05, 0) is 53.6 Å². The molecule has 5 nitrogen and oxygen atoms in total. The minimum atomic E-state index is 0.247. The van der Waals surface area contributed by atoms with E-state index in [0.717, 1.165) is 33.8 Å². The summed E-state index contributed by atoms with van der Waals surface area (Å²) in [6.07, 6.45) is 0.760. The fourth-order valence-corrected chi connectivity index (χ4v) is 3.87. The lowest BCUT2D eigenvalue weighted by Gasteiger charge is -2.12. The first kappa shape index (κ1) is 20.3. The molecule has 0 bridgehead atoms. The number of fused-ring (bicyclic) bond motifs is 3. The number of benzene rings is 4. The van der Waals surface area contributed by atoms with E-state index in [2.05, 4.69) is 35.3 Å². The molecule has 0 amide bonds. The predicted octanol–water partition coefficient (Wildman–Crippen LogP) is 6.16. The first-order valence-corrected chi connectivity index (χ1v) is 10.6. The quantitative estimate of drug-likeness (QED) is 0.312. The number of ether oxygens (including phenoxy) is 2. The predicted molar refractivity (Wildman–Crippen MR) is 127 cm³/mol. The largest absolute Gasteiger partial charge is 0.489 e. The second kappa shape index (κ2) is 8.89. The lowest BCUT2D eigenvalue weighted by molar-refractivity contribution is 0.111. The lowest BCUT2D eigenvalue weighted by atomic mass is 10.1. The average Bonchev–Trinajstić information content (AvgIpc) is 3.24. The summed E-state index contributed by atoms with van der Waals surface area (Å²) in [6, 6.07) is 28.9. The maximum Gasteiger partial charge on any atom is 0.153 e. The van der Waals surface area contributed by atoms with Gasteiger partial charge in [0.1, 0.15) is 24.7 Å². The lowest BCUT2D eigenvalue weighted by Crippen LogP contribution is -2.00. The molecule has 1 heterocycles. The number of nitrogens with one attached hydrogen (secondary N) is 1. The van der Waals surface area contributed by atoms with Gasteiger partial charge in [-0.2, -0.15) is 5.26 Å². The molecular weight excluding hydrogens is 412 g/mol. The fourth-order valence-electron chi connectivity index (χ4n) is 3.87. The molecule has 5 aromatic rings. The number of hydrogen-bond donors (Lipinski definition) is 1. The Morgan fingerprint density at radius 3 is 2.48 bits per heavy atom. The first-order chi connectivity index (χ1) is 16.2. The van der Waals surface area contributed by atoms with E-state index < -0.39 is 0 Å². The number of para-hydroxylation sites is 1. The molecular formula is C28H20N2O3. The molecule has 0 radical (unpaired) electrons. The maximum atomic E-state index is 11.5. The minimum Gasteiger partial charge on any atom is -0.489 e. The molecule has 0 saturated heterocycles. The standard InChI is InChI=1S/C28H20N2O3/c29-15-19-4-3-5-20(12-19)18-33-28-14-23(10-9-22(28)16-31)32-17-21-8-11-27-25(13-21)24-6-1-2-7-26(24)30-27/h1-14,16,30H,17-18H2. The second-order valence-electron chi connectivity index (χ2n) is 7.76. The summed E-state index contributed by atoms with van der Waals surface area (Å²) in [4.78, 5) is 14.9. The van der Waals surface area contributed by atoms with E-state index in [1.807, 2.05) is 30.3 Å². The van der Waals surface area contributed by atoms with Crippen molar-refractivity contribution in [1.29, 1.82) is 5.26 Å². The Morgan fingerprint density at radius 2 is 1.61 bits per heavy atom. The van der Waals surface area contributed by atoms with Gasteiger partial charge in [-0.15, -0.1) is 0 Å². The number of aldehydes is 1. The van der Waals surface area contributed by atoms with Crippen molar-refractivity contribution in [3.63, 3.8) is 0 Å². The normalized spacial score (nSPS) is 10.8. The van der Waals surface area contributed by atoms with Crippen molar-refractivity contribution in [1.82, 2.24) is 4.98 Å². The molecule has 0 atom stereocenters. The van der Waals surface area contributed by atoms with Crippen LogP contribution in [0, 0.1) is 11.3 Å². The number of rotatable bonds is 7. The first-order valence-electron chi connectivity index (χ1n) is 10.6. The van der Waals surface area contributed by atoms with Gasteiger partial charge in [-0.3, -0.25) is 4.79 Å². The molecule has 160 valence electrons. The number of nitriles is 1. The van der Waals surface area contributed by atoms with Gasteiger partial charge in [-0.1, -0.05) is 36.4 Å². The van der Waals surface area contributed by atoms with Gasteiger partial charge < -0.3 is 14.5 Å². The Hall–Kier alpha value is -4.56. The van der Waals surface area contributed by atoms with Crippen LogP contribution in [0.1, 0.15) is 27.0 Å². The third kappa shape index (κ3) is 4.28. The number of hydrogen-bond acceptors (Lipinski definition) is 4. The Labute approximate surface area is 190 Å². The van der Waals surface area contributed by atoms with Crippen LogP contribution in [0.5, 0.6) is 11.5 Å². The van der Waals surface area contributed by atoms with Crippen molar-refractivity contribution >= 4 is 28.1 Å². The molecule has 4 aromatic carbocycles. The summed E-state index contributed by atoms with van der Waals surface area (Å²) in [6.45, 7) is 0.635. The molecule has 1 aromatic heterocycles. The third-order valence-corrected chi connectivity index (χ3v) is 5.54. The van der Waals surface area contributed by atoms with Crippen LogP contribution in [0.15, 0.2) is 84.9 Å². The molecule has 0 unspecified atom stereocenters. The van der Waals surface area contributed by atoms with Crippen molar-refractivity contribution < 1.29 is 14.3 Å². The summed E-state index contributed by atoms with van der Waals surface area (Å²) in [7, 11) is 0. The van der Waals surface area contributed by atoms with E-state index in [9.17, 15) is 4.79 Å². The summed E-state index contributed by atoms with van der Waals surface area (Å²) in [5.41, 5.74) is 5.10. The molecule has 0 aliphatic heterocycles. The van der Waals surface area contributed by atoms with Gasteiger partial charge in [0, 0.05) is 27.9 Å². The van der Waals surface area contributed by atoms with Crippen LogP contribution in [0.2, 0.25) is 0 Å². The molecule has 0 spiro atoms. The summed E-state index contributed by atoms with van der Waals surface area (Å²) >= 11 is 0. The summed E-state index contributed by atoms with van der Waals surface area (Å²) in [5.74, 6) is 1.05. The van der Waals surface area contributed by atoms with Crippen molar-refractivity contribution in [2.24, 2.45) is 0 Å².